The van der Waals surface area contributed by atoms with Crippen molar-refractivity contribution in [2.24, 2.45) is 0 Å². The molecule has 0 bridgehead atoms. The molecule has 2 aliphatic rings. The zero-order valence-electron chi connectivity index (χ0n) is 11.1. The molecule has 2 heterocycles. The smallest absolute Gasteiger partial charge is 0.256 e. The van der Waals surface area contributed by atoms with Gasteiger partial charge in [0.15, 0.2) is 0 Å². The van der Waals surface area contributed by atoms with Crippen molar-refractivity contribution in [3.8, 4) is 0 Å². The fourth-order valence-corrected chi connectivity index (χ4v) is 3.00. The molecule has 4 nitrogen and oxygen atoms in total. The molecule has 102 valence electrons. The molecule has 1 saturated heterocycles. The van der Waals surface area contributed by atoms with E-state index in [4.69, 9.17) is 0 Å². The third-order valence-corrected chi connectivity index (χ3v) is 3.99. The molecular formula is C15H20N2O2. The molecule has 0 saturated carbocycles. The number of piperidine rings is 1. The summed E-state index contributed by atoms with van der Waals surface area (Å²) in [6, 6.07) is 5.93. The topological polar surface area (TPSA) is 52.6 Å². The number of nitrogens with one attached hydrogen (secondary N) is 1. The van der Waals surface area contributed by atoms with Crippen molar-refractivity contribution in [1.29, 1.82) is 0 Å². The van der Waals surface area contributed by atoms with Crippen molar-refractivity contribution in [3.05, 3.63) is 29.3 Å². The first-order chi connectivity index (χ1) is 9.25. The number of hydrogen-bond acceptors (Lipinski definition) is 3. The van der Waals surface area contributed by atoms with Crippen LogP contribution >= 0.6 is 0 Å². The summed E-state index contributed by atoms with van der Waals surface area (Å²) < 4.78 is 0. The number of fused-ring (bicyclic) bond motifs is 1. The summed E-state index contributed by atoms with van der Waals surface area (Å²) in [6.45, 7) is 2.14. The van der Waals surface area contributed by atoms with Crippen LogP contribution in [0.1, 0.15) is 35.2 Å². The van der Waals surface area contributed by atoms with Crippen LogP contribution < -0.4 is 5.32 Å². The highest BCUT2D eigenvalue weighted by Gasteiger charge is 2.26. The minimum atomic E-state index is -0.370. The van der Waals surface area contributed by atoms with Gasteiger partial charge in [-0.05, 0) is 37.3 Å². The summed E-state index contributed by atoms with van der Waals surface area (Å²) in [5.41, 5.74) is 2.99. The van der Waals surface area contributed by atoms with Crippen molar-refractivity contribution >= 4 is 11.6 Å². The van der Waals surface area contributed by atoms with Crippen molar-refractivity contribution in [3.63, 3.8) is 0 Å². The number of carbonyl (C=O) groups is 1. The van der Waals surface area contributed by atoms with Crippen molar-refractivity contribution in [2.75, 3.05) is 25.0 Å². The van der Waals surface area contributed by atoms with Gasteiger partial charge in [0.1, 0.15) is 0 Å². The number of β-amino-alcohol motifs (C(OH)–C–C–N with tert-alkyl or cyclic N) is 1. The number of anilines is 1. The second-order valence-electron chi connectivity index (χ2n) is 5.42. The molecule has 1 amide bonds. The first-order valence-electron chi connectivity index (χ1n) is 7.09. The van der Waals surface area contributed by atoms with Gasteiger partial charge in [-0.1, -0.05) is 12.1 Å². The van der Waals surface area contributed by atoms with Crippen LogP contribution in [0.5, 0.6) is 0 Å². The number of para-hydroxylation sites is 1. The van der Waals surface area contributed by atoms with E-state index in [9.17, 15) is 9.90 Å². The molecule has 1 aromatic carbocycles. The maximum absolute atomic E-state index is 12.6. The van der Waals surface area contributed by atoms with E-state index in [0.29, 0.717) is 6.54 Å². The van der Waals surface area contributed by atoms with Gasteiger partial charge >= 0.3 is 0 Å². The van der Waals surface area contributed by atoms with Gasteiger partial charge < -0.3 is 15.3 Å². The van der Waals surface area contributed by atoms with Gasteiger partial charge in [-0.3, -0.25) is 4.79 Å². The Bertz CT molecular complexity index is 487. The molecule has 0 spiro atoms. The van der Waals surface area contributed by atoms with Crippen LogP contribution in [0, 0.1) is 0 Å². The molecule has 2 aliphatic heterocycles. The van der Waals surface area contributed by atoms with E-state index in [-0.39, 0.29) is 12.0 Å². The van der Waals surface area contributed by atoms with Gasteiger partial charge in [0.25, 0.3) is 5.91 Å². The van der Waals surface area contributed by atoms with Gasteiger partial charge in [-0.15, -0.1) is 0 Å². The molecule has 1 aromatic rings. The molecule has 4 heteroatoms. The molecule has 0 aromatic heterocycles. The zero-order chi connectivity index (χ0) is 13.2. The quantitative estimate of drug-likeness (QED) is 0.807. The van der Waals surface area contributed by atoms with E-state index in [1.165, 1.54) is 5.56 Å². The van der Waals surface area contributed by atoms with Gasteiger partial charge in [0, 0.05) is 19.6 Å². The average molecular weight is 260 g/mol. The number of rotatable bonds is 1. The van der Waals surface area contributed by atoms with Crippen LogP contribution in [0.2, 0.25) is 0 Å². The Morgan fingerprint density at radius 1 is 1.37 bits per heavy atom. The lowest BCUT2D eigenvalue weighted by Crippen LogP contribution is -2.42. The van der Waals surface area contributed by atoms with Crippen LogP contribution in [0.15, 0.2) is 18.2 Å². The molecule has 0 aliphatic carbocycles. The molecule has 2 N–H and O–H groups in total. The second-order valence-corrected chi connectivity index (χ2v) is 5.42. The van der Waals surface area contributed by atoms with Gasteiger partial charge in [-0.25, -0.2) is 0 Å². The summed E-state index contributed by atoms with van der Waals surface area (Å²) in [5.74, 6) is 0.0463. The average Bonchev–Trinajstić information content (AvgIpc) is 2.46. The van der Waals surface area contributed by atoms with Crippen LogP contribution in [0.4, 0.5) is 5.69 Å². The molecule has 0 radical (unpaired) electrons. The predicted molar refractivity (Wildman–Crippen MR) is 74.4 cm³/mol. The van der Waals surface area contributed by atoms with Crippen LogP contribution in [-0.4, -0.2) is 41.7 Å². The number of aliphatic hydroxyl groups excluding tert-OH is 1. The van der Waals surface area contributed by atoms with Crippen molar-refractivity contribution < 1.29 is 9.90 Å². The summed E-state index contributed by atoms with van der Waals surface area (Å²) in [6.07, 6.45) is 3.47. The van der Waals surface area contributed by atoms with Gasteiger partial charge in [0.2, 0.25) is 0 Å². The van der Waals surface area contributed by atoms with Crippen molar-refractivity contribution in [2.45, 2.75) is 31.8 Å². The third-order valence-electron chi connectivity index (χ3n) is 3.99. The Kier molecular flexibility index (Phi) is 3.42. The highest BCUT2D eigenvalue weighted by Crippen LogP contribution is 2.27. The molecule has 1 atom stereocenters. The molecule has 19 heavy (non-hydrogen) atoms. The molecular weight excluding hydrogens is 240 g/mol. The third kappa shape index (κ3) is 2.45. The minimum absolute atomic E-state index is 0.0463. The lowest BCUT2D eigenvalue weighted by Gasteiger charge is -2.31. The second kappa shape index (κ2) is 5.21. The Labute approximate surface area is 113 Å². The molecule has 1 fully saturated rings. The highest BCUT2D eigenvalue weighted by molar-refractivity contribution is 6.00. The van der Waals surface area contributed by atoms with E-state index in [1.807, 2.05) is 12.1 Å². The summed E-state index contributed by atoms with van der Waals surface area (Å²) in [5, 5.41) is 13.1. The number of amides is 1. The number of aryl methyl sites for hydroxylation is 1. The lowest BCUT2D eigenvalue weighted by molar-refractivity contribution is 0.0474. The van der Waals surface area contributed by atoms with Crippen LogP contribution in [-0.2, 0) is 6.42 Å². The monoisotopic (exact) mass is 260 g/mol. The first-order valence-corrected chi connectivity index (χ1v) is 7.09. The lowest BCUT2D eigenvalue weighted by atomic mass is 9.98. The zero-order valence-corrected chi connectivity index (χ0v) is 11.1. The number of carbonyl (C=O) groups excluding carboxylic acids is 1. The van der Waals surface area contributed by atoms with E-state index < -0.39 is 0 Å². The Balaban J connectivity index is 1.87. The number of likely N-dealkylation sites (tertiary alicyclic amines) is 1. The fourth-order valence-electron chi connectivity index (χ4n) is 3.00. The predicted octanol–water partition coefficient (Wildman–Crippen LogP) is 1.64. The standard InChI is InChI=1S/C15H20N2O2/c18-12-6-3-9-17(10-12)15(19)13-7-1-4-11-5-2-8-16-14(11)13/h1,4,7,12,16,18H,2-3,5-6,8-10H2. The Hall–Kier alpha value is -1.55. The fraction of sp³-hybridized carbons (Fsp3) is 0.533. The number of aliphatic hydroxyl groups is 1. The summed E-state index contributed by atoms with van der Waals surface area (Å²) >= 11 is 0. The number of benzene rings is 1. The molecule has 1 unspecified atom stereocenters. The largest absolute Gasteiger partial charge is 0.391 e. The highest BCUT2D eigenvalue weighted by atomic mass is 16.3. The van der Waals surface area contributed by atoms with Gasteiger partial charge in [0.05, 0.1) is 17.4 Å². The first kappa shape index (κ1) is 12.5. The number of nitrogens with zero attached hydrogens (tertiary/aromatic N) is 1. The van der Waals surface area contributed by atoms with Gasteiger partial charge in [-0.2, -0.15) is 0 Å². The summed E-state index contributed by atoms with van der Waals surface area (Å²) in [4.78, 5) is 14.4. The van der Waals surface area contributed by atoms with E-state index in [1.54, 1.807) is 4.90 Å². The Morgan fingerprint density at radius 2 is 2.26 bits per heavy atom. The normalized spacial score (nSPS) is 22.6. The maximum atomic E-state index is 12.6. The maximum Gasteiger partial charge on any atom is 0.256 e. The SMILES string of the molecule is O=C(c1cccc2c1NCCC2)N1CCCC(O)C1. The van der Waals surface area contributed by atoms with Crippen LogP contribution in [0.3, 0.4) is 0 Å². The van der Waals surface area contributed by atoms with E-state index in [2.05, 4.69) is 11.4 Å². The molecule has 3 rings (SSSR count). The Morgan fingerprint density at radius 3 is 3.11 bits per heavy atom. The van der Waals surface area contributed by atoms with E-state index in [0.717, 1.165) is 50.0 Å². The van der Waals surface area contributed by atoms with Crippen LogP contribution in [0.25, 0.3) is 0 Å². The minimum Gasteiger partial charge on any atom is -0.391 e. The number of hydrogen-bond donors (Lipinski definition) is 2. The summed E-state index contributed by atoms with van der Waals surface area (Å²) in [7, 11) is 0. The van der Waals surface area contributed by atoms with Crippen molar-refractivity contribution in [1.82, 2.24) is 4.90 Å². The van der Waals surface area contributed by atoms with E-state index >= 15 is 0 Å².